The number of amides is 1. The summed E-state index contributed by atoms with van der Waals surface area (Å²) in [5.41, 5.74) is 3.76. The number of hydrogen-bond acceptors (Lipinski definition) is 6. The highest BCUT2D eigenvalue weighted by atomic mass is 79.9. The van der Waals surface area contributed by atoms with Gasteiger partial charge < -0.3 is 9.84 Å². The Bertz CT molecular complexity index is 1540. The van der Waals surface area contributed by atoms with E-state index in [2.05, 4.69) is 20.9 Å². The van der Waals surface area contributed by atoms with Crippen LogP contribution in [-0.4, -0.2) is 28.9 Å². The van der Waals surface area contributed by atoms with Crippen LogP contribution in [0.1, 0.15) is 28.3 Å². The summed E-state index contributed by atoms with van der Waals surface area (Å²) in [4.78, 5) is 32.8. The molecule has 35 heavy (non-hydrogen) atoms. The van der Waals surface area contributed by atoms with Crippen molar-refractivity contribution in [2.45, 2.75) is 19.9 Å². The third-order valence-corrected chi connectivity index (χ3v) is 7.53. The van der Waals surface area contributed by atoms with Crippen LogP contribution in [0.2, 0.25) is 0 Å². The SMILES string of the molecule is COc1ccc(/C(O)=C2\C(=O)C(=O)N(c3nc4ccc(C)cc4s3)[C@H]2c2cccc(Br)c2)cc1C. The van der Waals surface area contributed by atoms with Gasteiger partial charge in [-0.1, -0.05) is 45.5 Å². The Morgan fingerprint density at radius 3 is 2.60 bits per heavy atom. The molecule has 0 aliphatic carbocycles. The van der Waals surface area contributed by atoms with Crippen LogP contribution in [0.25, 0.3) is 16.0 Å². The number of ether oxygens (including phenoxy) is 1. The molecule has 8 heteroatoms. The Morgan fingerprint density at radius 1 is 1.09 bits per heavy atom. The van der Waals surface area contributed by atoms with E-state index in [1.807, 2.05) is 56.3 Å². The predicted molar refractivity (Wildman–Crippen MR) is 141 cm³/mol. The molecular weight excluding hydrogens is 528 g/mol. The lowest BCUT2D eigenvalue weighted by Crippen LogP contribution is -2.29. The normalized spacial score (nSPS) is 17.4. The van der Waals surface area contributed by atoms with Gasteiger partial charge in [0.1, 0.15) is 11.5 Å². The zero-order valence-corrected chi connectivity index (χ0v) is 21.6. The summed E-state index contributed by atoms with van der Waals surface area (Å²) < 4.78 is 7.03. The average Bonchev–Trinajstić information content (AvgIpc) is 3.36. The molecule has 0 bridgehead atoms. The molecular formula is C27H21BrN2O4S. The molecule has 0 radical (unpaired) electrons. The number of aromatic nitrogens is 1. The Hall–Kier alpha value is -3.49. The second kappa shape index (κ2) is 8.94. The first-order valence-electron chi connectivity index (χ1n) is 10.9. The summed E-state index contributed by atoms with van der Waals surface area (Å²) in [5, 5.41) is 11.8. The molecule has 1 fully saturated rings. The van der Waals surface area contributed by atoms with Crippen LogP contribution >= 0.6 is 27.3 Å². The molecule has 6 nitrogen and oxygen atoms in total. The number of halogens is 1. The number of rotatable bonds is 4. The number of aryl methyl sites for hydroxylation is 2. The summed E-state index contributed by atoms with van der Waals surface area (Å²) in [6.07, 6.45) is 0. The Labute approximate surface area is 214 Å². The Kier molecular flexibility index (Phi) is 5.94. The van der Waals surface area contributed by atoms with Gasteiger partial charge in [-0.3, -0.25) is 14.5 Å². The highest BCUT2D eigenvalue weighted by Gasteiger charge is 2.48. The average molecular weight is 549 g/mol. The fourth-order valence-corrected chi connectivity index (χ4v) is 5.83. The summed E-state index contributed by atoms with van der Waals surface area (Å²) >= 11 is 4.83. The molecule has 1 saturated heterocycles. The van der Waals surface area contributed by atoms with E-state index in [0.717, 1.165) is 25.8 Å². The second-order valence-corrected chi connectivity index (χ2v) is 10.3. The van der Waals surface area contributed by atoms with Crippen molar-refractivity contribution in [3.05, 3.63) is 93.0 Å². The van der Waals surface area contributed by atoms with Crippen molar-refractivity contribution in [2.24, 2.45) is 0 Å². The minimum Gasteiger partial charge on any atom is -0.507 e. The molecule has 5 rings (SSSR count). The van der Waals surface area contributed by atoms with E-state index in [-0.39, 0.29) is 11.3 Å². The first-order chi connectivity index (χ1) is 16.8. The number of fused-ring (bicyclic) bond motifs is 1. The summed E-state index contributed by atoms with van der Waals surface area (Å²) in [6.45, 7) is 3.84. The van der Waals surface area contributed by atoms with Gasteiger partial charge in [0.05, 0.1) is 28.9 Å². The molecule has 1 atom stereocenters. The monoisotopic (exact) mass is 548 g/mol. The van der Waals surface area contributed by atoms with Crippen molar-refractivity contribution < 1.29 is 19.4 Å². The lowest BCUT2D eigenvalue weighted by molar-refractivity contribution is -0.132. The number of carbonyl (C=O) groups is 2. The Balaban J connectivity index is 1.73. The van der Waals surface area contributed by atoms with Gasteiger partial charge in [-0.15, -0.1) is 0 Å². The maximum atomic E-state index is 13.4. The van der Waals surface area contributed by atoms with Crippen molar-refractivity contribution >= 4 is 60.1 Å². The van der Waals surface area contributed by atoms with Gasteiger partial charge in [0.15, 0.2) is 5.13 Å². The predicted octanol–water partition coefficient (Wildman–Crippen LogP) is 6.31. The van der Waals surface area contributed by atoms with Crippen molar-refractivity contribution in [1.82, 2.24) is 4.98 Å². The minimum absolute atomic E-state index is 0.0214. The third-order valence-electron chi connectivity index (χ3n) is 6.02. The number of nitrogens with zero attached hydrogens (tertiary/aromatic N) is 2. The lowest BCUT2D eigenvalue weighted by atomic mass is 9.95. The largest absolute Gasteiger partial charge is 0.507 e. The number of thiazole rings is 1. The Morgan fingerprint density at radius 2 is 1.89 bits per heavy atom. The molecule has 1 amide bonds. The highest BCUT2D eigenvalue weighted by molar-refractivity contribution is 9.10. The van der Waals surface area contributed by atoms with Crippen molar-refractivity contribution in [3.8, 4) is 5.75 Å². The minimum atomic E-state index is -0.837. The van der Waals surface area contributed by atoms with Gasteiger partial charge >= 0.3 is 5.91 Å². The number of hydrogen-bond donors (Lipinski definition) is 1. The molecule has 0 spiro atoms. The standard InChI is InChI=1S/C27H21BrN2O4S/c1-14-7-9-19-21(11-14)35-27(29-19)30-23(16-5-4-6-18(28)13-16)22(25(32)26(30)33)24(31)17-8-10-20(34-3)15(2)12-17/h4-13,23,31H,1-3H3/b24-22+/t23-/m0/s1. The maximum Gasteiger partial charge on any atom is 0.301 e. The van der Waals surface area contributed by atoms with E-state index >= 15 is 0 Å². The molecule has 1 aliphatic rings. The van der Waals surface area contributed by atoms with Crippen LogP contribution in [0.15, 0.2) is 70.7 Å². The molecule has 1 aromatic heterocycles. The van der Waals surface area contributed by atoms with Gasteiger partial charge in [0.25, 0.3) is 5.78 Å². The molecule has 1 N–H and O–H groups in total. The van der Waals surface area contributed by atoms with Gasteiger partial charge in [-0.2, -0.15) is 0 Å². The van der Waals surface area contributed by atoms with Gasteiger partial charge in [-0.25, -0.2) is 4.98 Å². The van der Waals surface area contributed by atoms with E-state index in [1.54, 1.807) is 25.3 Å². The fraction of sp³-hybridized carbons (Fsp3) is 0.148. The molecule has 4 aromatic rings. The van der Waals surface area contributed by atoms with E-state index < -0.39 is 17.7 Å². The maximum absolute atomic E-state index is 13.4. The van der Waals surface area contributed by atoms with Gasteiger partial charge in [0.2, 0.25) is 0 Å². The molecule has 0 saturated carbocycles. The molecule has 3 aromatic carbocycles. The number of anilines is 1. The van der Waals surface area contributed by atoms with Crippen LogP contribution in [0, 0.1) is 13.8 Å². The number of Topliss-reactive ketones (excluding diaryl/α,β-unsaturated/α-hetero) is 1. The smallest absolute Gasteiger partial charge is 0.301 e. The molecule has 1 aliphatic heterocycles. The number of aliphatic hydroxyl groups is 1. The van der Waals surface area contributed by atoms with Crippen LogP contribution < -0.4 is 9.64 Å². The molecule has 176 valence electrons. The van der Waals surface area contributed by atoms with Crippen molar-refractivity contribution in [1.29, 1.82) is 0 Å². The molecule has 2 heterocycles. The van der Waals surface area contributed by atoms with Crippen LogP contribution in [0.4, 0.5) is 5.13 Å². The number of ketones is 1. The van der Waals surface area contributed by atoms with Crippen LogP contribution in [0.5, 0.6) is 5.75 Å². The van der Waals surface area contributed by atoms with Crippen LogP contribution in [0.3, 0.4) is 0 Å². The second-order valence-electron chi connectivity index (χ2n) is 8.38. The van der Waals surface area contributed by atoms with Crippen molar-refractivity contribution in [3.63, 3.8) is 0 Å². The summed E-state index contributed by atoms with van der Waals surface area (Å²) in [5.74, 6) is -1.05. The summed E-state index contributed by atoms with van der Waals surface area (Å²) in [6, 6.07) is 17.5. The molecule has 0 unspecified atom stereocenters. The summed E-state index contributed by atoms with van der Waals surface area (Å²) in [7, 11) is 1.57. The van der Waals surface area contributed by atoms with Gasteiger partial charge in [0, 0.05) is 10.0 Å². The fourth-order valence-electron chi connectivity index (χ4n) is 4.33. The highest BCUT2D eigenvalue weighted by Crippen LogP contribution is 2.45. The number of carbonyl (C=O) groups excluding carboxylic acids is 2. The number of methoxy groups -OCH3 is 1. The number of aliphatic hydroxyl groups excluding tert-OH is 1. The van der Waals surface area contributed by atoms with Crippen molar-refractivity contribution in [2.75, 3.05) is 12.0 Å². The van der Waals surface area contributed by atoms with E-state index in [1.165, 1.54) is 16.2 Å². The topological polar surface area (TPSA) is 79.7 Å². The van der Waals surface area contributed by atoms with Crippen LogP contribution in [-0.2, 0) is 9.59 Å². The zero-order chi connectivity index (χ0) is 24.9. The van der Waals surface area contributed by atoms with Gasteiger partial charge in [-0.05, 0) is 73.0 Å². The van der Waals surface area contributed by atoms with E-state index in [9.17, 15) is 14.7 Å². The first-order valence-corrected chi connectivity index (χ1v) is 12.5. The number of benzene rings is 3. The zero-order valence-electron chi connectivity index (χ0n) is 19.2. The quantitative estimate of drug-likeness (QED) is 0.183. The lowest BCUT2D eigenvalue weighted by Gasteiger charge is -2.23. The third kappa shape index (κ3) is 4.02. The first kappa shape index (κ1) is 23.3. The van der Waals surface area contributed by atoms with E-state index in [4.69, 9.17) is 4.74 Å². The van der Waals surface area contributed by atoms with E-state index in [0.29, 0.717) is 22.0 Å².